The third kappa shape index (κ3) is 2.48. The molecule has 2 rings (SSSR count). The van der Waals surface area contributed by atoms with Gasteiger partial charge in [-0.15, -0.1) is 0 Å². The summed E-state index contributed by atoms with van der Waals surface area (Å²) in [7, 11) is 0. The highest BCUT2D eigenvalue weighted by atomic mass is 16.4. The van der Waals surface area contributed by atoms with Crippen molar-refractivity contribution in [3.05, 3.63) is 52.2 Å². The van der Waals surface area contributed by atoms with Crippen molar-refractivity contribution in [3.63, 3.8) is 0 Å². The zero-order chi connectivity index (χ0) is 13.1. The lowest BCUT2D eigenvalue weighted by atomic mass is 10.2. The molecule has 2 aromatic heterocycles. The van der Waals surface area contributed by atoms with E-state index in [-0.39, 0.29) is 11.1 Å². The van der Waals surface area contributed by atoms with Crippen molar-refractivity contribution in [1.82, 2.24) is 14.3 Å². The van der Waals surface area contributed by atoms with Crippen molar-refractivity contribution in [2.45, 2.75) is 20.0 Å². The molecule has 94 valence electrons. The fourth-order valence-electron chi connectivity index (χ4n) is 1.64. The van der Waals surface area contributed by atoms with Crippen molar-refractivity contribution in [2.75, 3.05) is 0 Å². The fraction of sp³-hybridized carbons (Fsp3) is 0.250. The molecule has 0 fully saturated rings. The van der Waals surface area contributed by atoms with Gasteiger partial charge in [0.25, 0.3) is 5.56 Å². The molecule has 0 saturated carbocycles. The normalized spacial score (nSPS) is 10.5. The highest BCUT2D eigenvalue weighted by Crippen LogP contribution is 2.02. The van der Waals surface area contributed by atoms with Crippen molar-refractivity contribution in [1.29, 1.82) is 0 Å². The number of aryl methyl sites for hydroxylation is 1. The first-order valence-corrected chi connectivity index (χ1v) is 5.55. The van der Waals surface area contributed by atoms with Gasteiger partial charge in [-0.1, -0.05) is 0 Å². The lowest BCUT2D eigenvalue weighted by molar-refractivity contribution is 0.0696. The van der Waals surface area contributed by atoms with Crippen LogP contribution in [0.3, 0.4) is 0 Å². The van der Waals surface area contributed by atoms with Crippen LogP contribution in [-0.4, -0.2) is 25.4 Å². The van der Waals surface area contributed by atoms with Crippen LogP contribution in [0, 0.1) is 0 Å². The molecule has 0 aromatic carbocycles. The zero-order valence-corrected chi connectivity index (χ0v) is 9.91. The van der Waals surface area contributed by atoms with E-state index in [1.807, 2.05) is 13.1 Å². The van der Waals surface area contributed by atoms with Gasteiger partial charge in [0.2, 0.25) is 0 Å². The molecule has 0 aliphatic rings. The number of nitrogens with zero attached hydrogens (tertiary/aromatic N) is 3. The quantitative estimate of drug-likeness (QED) is 0.867. The van der Waals surface area contributed by atoms with E-state index in [1.165, 1.54) is 22.9 Å². The number of carboxylic acid groups (broad SMARTS) is 1. The Morgan fingerprint density at radius 3 is 2.78 bits per heavy atom. The van der Waals surface area contributed by atoms with Gasteiger partial charge in [0.15, 0.2) is 0 Å². The first-order chi connectivity index (χ1) is 8.60. The van der Waals surface area contributed by atoms with Crippen LogP contribution in [0.15, 0.2) is 35.5 Å². The van der Waals surface area contributed by atoms with Crippen molar-refractivity contribution >= 4 is 5.97 Å². The molecule has 18 heavy (non-hydrogen) atoms. The molecule has 1 N–H and O–H groups in total. The van der Waals surface area contributed by atoms with Crippen molar-refractivity contribution in [2.24, 2.45) is 0 Å². The molecule has 6 heteroatoms. The molecule has 0 saturated heterocycles. The summed E-state index contributed by atoms with van der Waals surface area (Å²) in [5.74, 6) is -1.05. The van der Waals surface area contributed by atoms with E-state index in [1.54, 1.807) is 10.9 Å². The number of carbonyl (C=O) groups is 1. The molecule has 0 unspecified atom stereocenters. The molecule has 0 bridgehead atoms. The van der Waals surface area contributed by atoms with Gasteiger partial charge in [-0.05, 0) is 13.0 Å². The number of hydrogen-bond acceptors (Lipinski definition) is 3. The van der Waals surface area contributed by atoms with Crippen molar-refractivity contribution < 1.29 is 9.90 Å². The number of pyridine rings is 1. The maximum atomic E-state index is 11.6. The molecule has 0 radical (unpaired) electrons. The third-order valence-electron chi connectivity index (χ3n) is 2.59. The van der Waals surface area contributed by atoms with E-state index in [9.17, 15) is 9.59 Å². The Morgan fingerprint density at radius 1 is 1.39 bits per heavy atom. The molecule has 0 aliphatic heterocycles. The highest BCUT2D eigenvalue weighted by Gasteiger charge is 2.06. The van der Waals surface area contributed by atoms with Crippen LogP contribution < -0.4 is 5.56 Å². The van der Waals surface area contributed by atoms with Gasteiger partial charge in [0.05, 0.1) is 18.3 Å². The Bertz CT molecular complexity index is 627. The highest BCUT2D eigenvalue weighted by molar-refractivity contribution is 5.87. The molecule has 0 aliphatic carbocycles. The van der Waals surface area contributed by atoms with Gasteiger partial charge >= 0.3 is 5.97 Å². The molecular weight excluding hydrogens is 234 g/mol. The van der Waals surface area contributed by atoms with Gasteiger partial charge in [-0.2, -0.15) is 5.10 Å². The summed E-state index contributed by atoms with van der Waals surface area (Å²) in [6, 6.07) is 2.56. The van der Waals surface area contributed by atoms with Crippen LogP contribution >= 0.6 is 0 Å². The molecule has 0 spiro atoms. The van der Waals surface area contributed by atoms with E-state index < -0.39 is 5.97 Å². The second-order valence-electron chi connectivity index (χ2n) is 3.89. The minimum absolute atomic E-state index is 0.0949. The average Bonchev–Trinajstić information content (AvgIpc) is 2.79. The van der Waals surface area contributed by atoms with E-state index in [0.717, 1.165) is 12.1 Å². The van der Waals surface area contributed by atoms with Crippen LogP contribution in [0.25, 0.3) is 0 Å². The van der Waals surface area contributed by atoms with Crippen LogP contribution in [0.1, 0.15) is 22.8 Å². The fourth-order valence-corrected chi connectivity index (χ4v) is 1.64. The first kappa shape index (κ1) is 12.1. The molecular formula is C12H13N3O3. The maximum absolute atomic E-state index is 11.6. The average molecular weight is 247 g/mol. The summed E-state index contributed by atoms with van der Waals surface area (Å²) in [6.07, 6.45) is 4.84. The Balaban J connectivity index is 2.30. The molecule has 0 atom stereocenters. The predicted octanol–water partition coefficient (Wildman–Crippen LogP) is 0.811. The monoisotopic (exact) mass is 247 g/mol. The van der Waals surface area contributed by atoms with E-state index >= 15 is 0 Å². The number of aromatic carboxylic acids is 1. The minimum Gasteiger partial charge on any atom is -0.478 e. The summed E-state index contributed by atoms with van der Waals surface area (Å²) in [6.45, 7) is 3.04. The molecule has 2 aromatic rings. The maximum Gasteiger partial charge on any atom is 0.337 e. The molecule has 6 nitrogen and oxygen atoms in total. The molecule has 2 heterocycles. The van der Waals surface area contributed by atoms with Gasteiger partial charge < -0.3 is 9.67 Å². The summed E-state index contributed by atoms with van der Waals surface area (Å²) < 4.78 is 3.11. The Hall–Kier alpha value is -2.37. The van der Waals surface area contributed by atoms with Gasteiger partial charge in [0, 0.05) is 30.6 Å². The summed E-state index contributed by atoms with van der Waals surface area (Å²) in [5, 5.41) is 13.0. The van der Waals surface area contributed by atoms with Crippen molar-refractivity contribution in [3.8, 4) is 0 Å². The Labute approximate surface area is 103 Å². The number of carboxylic acids is 1. The van der Waals surface area contributed by atoms with Gasteiger partial charge in [-0.3, -0.25) is 9.48 Å². The van der Waals surface area contributed by atoms with Crippen LogP contribution in [0.5, 0.6) is 0 Å². The lowest BCUT2D eigenvalue weighted by Crippen LogP contribution is -2.20. The SMILES string of the molecule is CCn1cc(Cn2cc(C(=O)O)ccc2=O)cn1. The van der Waals surface area contributed by atoms with E-state index in [4.69, 9.17) is 5.11 Å². The predicted molar refractivity (Wildman–Crippen MR) is 64.7 cm³/mol. The topological polar surface area (TPSA) is 77.1 Å². The number of aromatic nitrogens is 3. The zero-order valence-electron chi connectivity index (χ0n) is 9.91. The third-order valence-corrected chi connectivity index (χ3v) is 2.59. The lowest BCUT2D eigenvalue weighted by Gasteiger charge is -2.04. The Kier molecular flexibility index (Phi) is 3.27. The first-order valence-electron chi connectivity index (χ1n) is 5.55. The molecule has 0 amide bonds. The Morgan fingerprint density at radius 2 is 2.17 bits per heavy atom. The van der Waals surface area contributed by atoms with Gasteiger partial charge in [0.1, 0.15) is 0 Å². The largest absolute Gasteiger partial charge is 0.478 e. The number of rotatable bonds is 4. The standard InChI is InChI=1S/C12H13N3O3/c1-2-15-7-9(5-13-15)6-14-8-10(12(17)18)3-4-11(14)16/h3-5,7-8H,2,6H2,1H3,(H,17,18). The smallest absolute Gasteiger partial charge is 0.337 e. The number of hydrogen-bond donors (Lipinski definition) is 1. The minimum atomic E-state index is -1.05. The van der Waals surface area contributed by atoms with Crippen LogP contribution in [-0.2, 0) is 13.1 Å². The summed E-state index contributed by atoms with van der Waals surface area (Å²) in [5.41, 5.74) is 0.725. The van der Waals surface area contributed by atoms with Gasteiger partial charge in [-0.25, -0.2) is 4.79 Å². The van der Waals surface area contributed by atoms with E-state index in [2.05, 4.69) is 5.10 Å². The van der Waals surface area contributed by atoms with Crippen LogP contribution in [0.2, 0.25) is 0 Å². The van der Waals surface area contributed by atoms with Crippen LogP contribution in [0.4, 0.5) is 0 Å². The second-order valence-corrected chi connectivity index (χ2v) is 3.89. The summed E-state index contributed by atoms with van der Waals surface area (Å²) >= 11 is 0. The second kappa shape index (κ2) is 4.87. The van der Waals surface area contributed by atoms with E-state index in [0.29, 0.717) is 6.54 Å². The summed E-state index contributed by atoms with van der Waals surface area (Å²) in [4.78, 5) is 22.5.